The van der Waals surface area contributed by atoms with E-state index in [4.69, 9.17) is 15.9 Å². The van der Waals surface area contributed by atoms with Crippen LogP contribution in [0.4, 0.5) is 20.7 Å². The third-order valence-corrected chi connectivity index (χ3v) is 3.08. The molecule has 8 heteroatoms. The van der Waals surface area contributed by atoms with Crippen LogP contribution in [-0.4, -0.2) is 23.5 Å². The molecule has 1 aromatic carbocycles. The van der Waals surface area contributed by atoms with E-state index in [0.717, 1.165) is 5.56 Å². The predicted octanol–water partition coefficient (Wildman–Crippen LogP) is 2.49. The van der Waals surface area contributed by atoms with Gasteiger partial charge in [-0.2, -0.15) is 0 Å². The second kappa shape index (κ2) is 7.91. The standard InChI is InChI=1S/C16H18FN5O2/c1-2-24-15(19)12-9-20-14(7-13(12)18)22-16(23)21-8-10-3-5-11(17)6-4-10/h3-7,9,19H,2,8H2,1H3,(H4,18,20,21,22,23). The number of halogens is 1. The number of anilines is 2. The molecule has 1 aromatic heterocycles. The molecule has 0 unspecified atom stereocenters. The van der Waals surface area contributed by atoms with E-state index in [9.17, 15) is 9.18 Å². The Labute approximate surface area is 138 Å². The Bertz CT molecular complexity index is 734. The number of nitrogen functional groups attached to an aromatic ring is 1. The van der Waals surface area contributed by atoms with Crippen molar-refractivity contribution in [3.63, 3.8) is 0 Å². The van der Waals surface area contributed by atoms with Crippen LogP contribution in [0.1, 0.15) is 18.1 Å². The molecule has 24 heavy (non-hydrogen) atoms. The van der Waals surface area contributed by atoms with E-state index in [1.807, 2.05) is 0 Å². The second-order valence-electron chi connectivity index (χ2n) is 4.85. The molecule has 0 saturated carbocycles. The Hall–Kier alpha value is -3.16. The van der Waals surface area contributed by atoms with E-state index in [-0.39, 0.29) is 29.8 Å². The summed E-state index contributed by atoms with van der Waals surface area (Å²) in [5.41, 5.74) is 7.23. The minimum Gasteiger partial charge on any atom is -0.478 e. The lowest BCUT2D eigenvalue weighted by Crippen LogP contribution is -2.28. The summed E-state index contributed by atoms with van der Waals surface area (Å²) in [6.07, 6.45) is 1.36. The number of benzene rings is 1. The maximum absolute atomic E-state index is 12.8. The number of rotatable bonds is 5. The number of nitrogens with one attached hydrogen (secondary N) is 3. The molecule has 0 bridgehead atoms. The minimum atomic E-state index is -0.473. The van der Waals surface area contributed by atoms with Crippen molar-refractivity contribution < 1.29 is 13.9 Å². The number of urea groups is 1. The topological polar surface area (TPSA) is 113 Å². The van der Waals surface area contributed by atoms with Crippen molar-refractivity contribution in [2.24, 2.45) is 0 Å². The van der Waals surface area contributed by atoms with E-state index < -0.39 is 6.03 Å². The van der Waals surface area contributed by atoms with Gasteiger partial charge in [-0.1, -0.05) is 12.1 Å². The summed E-state index contributed by atoms with van der Waals surface area (Å²) in [5, 5.41) is 12.8. The van der Waals surface area contributed by atoms with Crippen molar-refractivity contribution in [3.8, 4) is 0 Å². The SMILES string of the molecule is CCOC(=N)c1cnc(NC(=O)NCc2ccc(F)cc2)cc1N. The lowest BCUT2D eigenvalue weighted by molar-refractivity contribution is 0.251. The molecule has 0 fully saturated rings. The average Bonchev–Trinajstić information content (AvgIpc) is 2.54. The molecule has 5 N–H and O–H groups in total. The fraction of sp³-hybridized carbons (Fsp3) is 0.188. The number of pyridine rings is 1. The Morgan fingerprint density at radius 1 is 1.38 bits per heavy atom. The number of nitrogens with two attached hydrogens (primary N) is 1. The van der Waals surface area contributed by atoms with Gasteiger partial charge in [0.25, 0.3) is 0 Å². The van der Waals surface area contributed by atoms with Gasteiger partial charge >= 0.3 is 6.03 Å². The van der Waals surface area contributed by atoms with Crippen molar-refractivity contribution in [2.45, 2.75) is 13.5 Å². The summed E-state index contributed by atoms with van der Waals surface area (Å²) >= 11 is 0. The maximum atomic E-state index is 12.8. The largest absolute Gasteiger partial charge is 0.478 e. The van der Waals surface area contributed by atoms with Crippen LogP contribution >= 0.6 is 0 Å². The molecule has 0 spiro atoms. The van der Waals surface area contributed by atoms with Crippen molar-refractivity contribution >= 4 is 23.4 Å². The molecular weight excluding hydrogens is 313 g/mol. The van der Waals surface area contributed by atoms with Gasteiger partial charge in [0.2, 0.25) is 5.90 Å². The summed E-state index contributed by atoms with van der Waals surface area (Å²) in [6.45, 7) is 2.36. The van der Waals surface area contributed by atoms with Crippen LogP contribution in [0.2, 0.25) is 0 Å². The maximum Gasteiger partial charge on any atom is 0.320 e. The zero-order valence-corrected chi connectivity index (χ0v) is 13.1. The van der Waals surface area contributed by atoms with E-state index >= 15 is 0 Å². The first kappa shape index (κ1) is 17.2. The summed E-state index contributed by atoms with van der Waals surface area (Å²) in [7, 11) is 0. The van der Waals surface area contributed by atoms with Crippen LogP contribution in [0.3, 0.4) is 0 Å². The molecule has 2 amide bonds. The van der Waals surface area contributed by atoms with E-state index in [1.165, 1.54) is 24.4 Å². The highest BCUT2D eigenvalue weighted by Crippen LogP contribution is 2.16. The quantitative estimate of drug-likeness (QED) is 0.498. The van der Waals surface area contributed by atoms with Crippen LogP contribution in [0.15, 0.2) is 36.5 Å². The van der Waals surface area contributed by atoms with Crippen LogP contribution in [0, 0.1) is 11.2 Å². The summed E-state index contributed by atoms with van der Waals surface area (Å²) in [5.74, 6) is -0.160. The van der Waals surface area contributed by atoms with Crippen LogP contribution in [0.25, 0.3) is 0 Å². The summed E-state index contributed by atoms with van der Waals surface area (Å²) in [6, 6.07) is 6.78. The zero-order chi connectivity index (χ0) is 17.5. The Morgan fingerprint density at radius 2 is 2.08 bits per heavy atom. The Kier molecular flexibility index (Phi) is 5.67. The highest BCUT2D eigenvalue weighted by Gasteiger charge is 2.10. The third-order valence-electron chi connectivity index (χ3n) is 3.08. The average molecular weight is 331 g/mol. The van der Waals surface area contributed by atoms with Crippen molar-refractivity contribution in [1.29, 1.82) is 5.41 Å². The van der Waals surface area contributed by atoms with E-state index in [0.29, 0.717) is 12.2 Å². The number of hydrogen-bond acceptors (Lipinski definition) is 5. The summed E-state index contributed by atoms with van der Waals surface area (Å²) < 4.78 is 17.9. The second-order valence-corrected chi connectivity index (χ2v) is 4.85. The van der Waals surface area contributed by atoms with Crippen LogP contribution in [0.5, 0.6) is 0 Å². The molecule has 0 radical (unpaired) electrons. The fourth-order valence-corrected chi connectivity index (χ4v) is 1.90. The number of nitrogens with zero attached hydrogens (tertiary/aromatic N) is 1. The molecular formula is C16H18FN5O2. The Balaban J connectivity index is 1.93. The first-order valence-corrected chi connectivity index (χ1v) is 7.26. The van der Waals surface area contributed by atoms with E-state index in [2.05, 4.69) is 15.6 Å². The molecule has 0 aliphatic heterocycles. The van der Waals surface area contributed by atoms with Gasteiger partial charge in [0.1, 0.15) is 11.6 Å². The number of carbonyl (C=O) groups excluding carboxylic acids is 1. The molecule has 2 rings (SSSR count). The van der Waals surface area contributed by atoms with Gasteiger partial charge in [-0.15, -0.1) is 0 Å². The minimum absolute atomic E-state index is 0.0742. The monoisotopic (exact) mass is 331 g/mol. The highest BCUT2D eigenvalue weighted by atomic mass is 19.1. The van der Waals surface area contributed by atoms with Gasteiger partial charge in [-0.25, -0.2) is 14.2 Å². The Morgan fingerprint density at radius 3 is 2.71 bits per heavy atom. The number of ether oxygens (including phenoxy) is 1. The van der Waals surface area contributed by atoms with Gasteiger partial charge in [-0.05, 0) is 24.6 Å². The fourth-order valence-electron chi connectivity index (χ4n) is 1.90. The lowest BCUT2D eigenvalue weighted by atomic mass is 10.2. The van der Waals surface area contributed by atoms with Gasteiger partial charge < -0.3 is 15.8 Å². The number of carbonyl (C=O) groups is 1. The smallest absolute Gasteiger partial charge is 0.320 e. The molecule has 1 heterocycles. The first-order chi connectivity index (χ1) is 11.5. The van der Waals surface area contributed by atoms with Crippen LogP contribution < -0.4 is 16.4 Å². The molecule has 0 atom stereocenters. The first-order valence-electron chi connectivity index (χ1n) is 7.26. The van der Waals surface area contributed by atoms with Crippen LogP contribution in [-0.2, 0) is 11.3 Å². The van der Waals surface area contributed by atoms with Gasteiger partial charge in [-0.3, -0.25) is 10.7 Å². The van der Waals surface area contributed by atoms with Crippen molar-refractivity contribution in [3.05, 3.63) is 53.5 Å². The lowest BCUT2D eigenvalue weighted by Gasteiger charge is -2.10. The highest BCUT2D eigenvalue weighted by molar-refractivity contribution is 5.97. The van der Waals surface area contributed by atoms with Crippen molar-refractivity contribution in [2.75, 3.05) is 17.7 Å². The third kappa shape index (κ3) is 4.67. The number of amides is 2. The van der Waals surface area contributed by atoms with Crippen molar-refractivity contribution in [1.82, 2.24) is 10.3 Å². The molecule has 0 aliphatic rings. The summed E-state index contributed by atoms with van der Waals surface area (Å²) in [4.78, 5) is 15.9. The van der Waals surface area contributed by atoms with E-state index in [1.54, 1.807) is 19.1 Å². The molecule has 126 valence electrons. The van der Waals surface area contributed by atoms with Gasteiger partial charge in [0, 0.05) is 24.5 Å². The zero-order valence-electron chi connectivity index (χ0n) is 13.1. The molecule has 0 saturated heterocycles. The number of aromatic nitrogens is 1. The molecule has 0 aliphatic carbocycles. The van der Waals surface area contributed by atoms with Gasteiger partial charge in [0.05, 0.1) is 12.2 Å². The molecule has 7 nitrogen and oxygen atoms in total. The number of hydrogen-bond donors (Lipinski definition) is 4. The predicted molar refractivity (Wildman–Crippen MR) is 89.4 cm³/mol. The van der Waals surface area contributed by atoms with Gasteiger partial charge in [0.15, 0.2) is 0 Å². The molecule has 2 aromatic rings. The normalized spacial score (nSPS) is 10.1.